The number of carbonyl (C=O) groups excluding carboxylic acids is 2. The molecule has 0 bridgehead atoms. The Morgan fingerprint density at radius 3 is 2.30 bits per heavy atom. The number of allylic oxidation sites excluding steroid dienone is 2. The summed E-state index contributed by atoms with van der Waals surface area (Å²) >= 11 is 0. The summed E-state index contributed by atoms with van der Waals surface area (Å²) in [5.41, 5.74) is 3.10. The van der Waals surface area contributed by atoms with Crippen molar-refractivity contribution in [3.8, 4) is 11.5 Å². The zero-order valence-electron chi connectivity index (χ0n) is 17.9. The van der Waals surface area contributed by atoms with E-state index in [0.717, 1.165) is 22.5 Å². The highest BCUT2D eigenvalue weighted by Crippen LogP contribution is 2.48. The Hall–Kier alpha value is -3.08. The van der Waals surface area contributed by atoms with Gasteiger partial charge in [-0.15, -0.1) is 0 Å². The highest BCUT2D eigenvalue weighted by molar-refractivity contribution is 6.07. The van der Waals surface area contributed by atoms with Gasteiger partial charge < -0.3 is 9.47 Å². The highest BCUT2D eigenvalue weighted by atomic mass is 16.5. The van der Waals surface area contributed by atoms with Crippen molar-refractivity contribution >= 4 is 17.4 Å². The summed E-state index contributed by atoms with van der Waals surface area (Å²) in [4.78, 5) is 28.4. The van der Waals surface area contributed by atoms with Gasteiger partial charge in [0.2, 0.25) is 5.91 Å². The molecular formula is C25H27NO4. The molecule has 0 saturated carbocycles. The summed E-state index contributed by atoms with van der Waals surface area (Å²) in [6.07, 6.45) is 1.40. The monoisotopic (exact) mass is 405 g/mol. The zero-order valence-corrected chi connectivity index (χ0v) is 17.9. The number of methoxy groups -OCH3 is 2. The summed E-state index contributed by atoms with van der Waals surface area (Å²) in [6, 6.07) is 15.2. The van der Waals surface area contributed by atoms with Gasteiger partial charge in [-0.1, -0.05) is 38.1 Å². The number of hydrogen-bond donors (Lipinski definition) is 0. The van der Waals surface area contributed by atoms with E-state index in [1.54, 1.807) is 19.1 Å². The van der Waals surface area contributed by atoms with Crippen LogP contribution in [0.15, 0.2) is 59.8 Å². The van der Waals surface area contributed by atoms with Crippen molar-refractivity contribution in [2.75, 3.05) is 19.1 Å². The molecule has 1 amide bonds. The summed E-state index contributed by atoms with van der Waals surface area (Å²) < 4.78 is 10.8. The molecule has 156 valence electrons. The van der Waals surface area contributed by atoms with Gasteiger partial charge in [0.05, 0.1) is 14.2 Å². The molecule has 1 unspecified atom stereocenters. The van der Waals surface area contributed by atoms with Gasteiger partial charge in [-0.2, -0.15) is 0 Å². The first-order chi connectivity index (χ1) is 14.3. The summed E-state index contributed by atoms with van der Waals surface area (Å²) in [5.74, 6) is 1.06. The fourth-order valence-corrected chi connectivity index (χ4v) is 4.65. The van der Waals surface area contributed by atoms with Crippen LogP contribution in [0, 0.1) is 5.41 Å². The van der Waals surface area contributed by atoms with E-state index in [0.29, 0.717) is 24.3 Å². The van der Waals surface area contributed by atoms with Crippen LogP contribution in [0.25, 0.3) is 0 Å². The number of para-hydroxylation sites is 1. The lowest BCUT2D eigenvalue weighted by Crippen LogP contribution is -2.43. The predicted molar refractivity (Wildman–Crippen MR) is 116 cm³/mol. The van der Waals surface area contributed by atoms with Crippen LogP contribution in [-0.4, -0.2) is 25.9 Å². The van der Waals surface area contributed by atoms with Crippen molar-refractivity contribution in [1.29, 1.82) is 0 Å². The third-order valence-electron chi connectivity index (χ3n) is 5.97. The summed E-state index contributed by atoms with van der Waals surface area (Å²) in [6.45, 7) is 4.17. The molecule has 0 radical (unpaired) electrons. The lowest BCUT2D eigenvalue weighted by Gasteiger charge is -2.43. The molecule has 2 aliphatic rings. The molecule has 0 N–H and O–H groups in total. The van der Waals surface area contributed by atoms with Gasteiger partial charge in [0.1, 0.15) is 0 Å². The highest BCUT2D eigenvalue weighted by Gasteiger charge is 2.44. The van der Waals surface area contributed by atoms with Gasteiger partial charge in [0, 0.05) is 35.7 Å². The van der Waals surface area contributed by atoms with E-state index in [9.17, 15) is 9.59 Å². The second-order valence-corrected chi connectivity index (χ2v) is 8.74. The van der Waals surface area contributed by atoms with Crippen LogP contribution in [0.2, 0.25) is 0 Å². The van der Waals surface area contributed by atoms with Gasteiger partial charge in [-0.3, -0.25) is 14.5 Å². The first kappa shape index (κ1) is 20.2. The number of rotatable bonds is 4. The first-order valence-electron chi connectivity index (χ1n) is 10.2. The fraction of sp³-hybridized carbons (Fsp3) is 0.360. The largest absolute Gasteiger partial charge is 0.493 e. The van der Waals surface area contributed by atoms with E-state index >= 15 is 0 Å². The molecule has 4 rings (SSSR count). The summed E-state index contributed by atoms with van der Waals surface area (Å²) in [5, 5.41) is 0. The quantitative estimate of drug-likeness (QED) is 0.728. The van der Waals surface area contributed by atoms with Crippen molar-refractivity contribution in [2.24, 2.45) is 5.41 Å². The van der Waals surface area contributed by atoms with Gasteiger partial charge in [0.15, 0.2) is 17.3 Å². The van der Waals surface area contributed by atoms with Crippen LogP contribution in [0.4, 0.5) is 5.69 Å². The minimum Gasteiger partial charge on any atom is -0.493 e. The Labute approximate surface area is 177 Å². The number of ketones is 1. The van der Waals surface area contributed by atoms with Gasteiger partial charge in [0.25, 0.3) is 0 Å². The zero-order chi connectivity index (χ0) is 21.5. The molecule has 2 aromatic carbocycles. The maximum atomic E-state index is 13.4. The van der Waals surface area contributed by atoms with Crippen LogP contribution in [-0.2, 0) is 9.59 Å². The molecule has 5 heteroatoms. The Morgan fingerprint density at radius 2 is 1.63 bits per heavy atom. The molecule has 5 nitrogen and oxygen atoms in total. The van der Waals surface area contributed by atoms with Crippen molar-refractivity contribution in [3.63, 3.8) is 0 Å². The number of carbonyl (C=O) groups is 2. The van der Waals surface area contributed by atoms with Crippen molar-refractivity contribution in [2.45, 2.75) is 39.0 Å². The number of ether oxygens (including phenoxy) is 2. The third-order valence-corrected chi connectivity index (χ3v) is 5.97. The number of amides is 1. The van der Waals surface area contributed by atoms with E-state index in [4.69, 9.17) is 9.47 Å². The van der Waals surface area contributed by atoms with E-state index in [2.05, 4.69) is 13.8 Å². The average Bonchev–Trinajstić information content (AvgIpc) is 2.72. The average molecular weight is 405 g/mol. The molecule has 0 saturated heterocycles. The molecule has 2 aromatic rings. The Balaban J connectivity index is 1.88. The number of hydrogen-bond acceptors (Lipinski definition) is 4. The smallest absolute Gasteiger partial charge is 0.232 e. The maximum Gasteiger partial charge on any atom is 0.232 e. The van der Waals surface area contributed by atoms with Crippen LogP contribution < -0.4 is 14.4 Å². The van der Waals surface area contributed by atoms with E-state index in [-0.39, 0.29) is 29.4 Å². The molecule has 30 heavy (non-hydrogen) atoms. The molecule has 1 aliphatic carbocycles. The second kappa shape index (κ2) is 7.63. The van der Waals surface area contributed by atoms with Gasteiger partial charge >= 0.3 is 0 Å². The van der Waals surface area contributed by atoms with Crippen molar-refractivity contribution < 1.29 is 19.1 Å². The Kier molecular flexibility index (Phi) is 5.14. The summed E-state index contributed by atoms with van der Waals surface area (Å²) in [7, 11) is 3.18. The third kappa shape index (κ3) is 3.49. The van der Waals surface area contributed by atoms with Crippen LogP contribution in [0.3, 0.4) is 0 Å². The van der Waals surface area contributed by atoms with Gasteiger partial charge in [-0.05, 0) is 41.7 Å². The molecule has 0 aromatic heterocycles. The molecule has 1 atom stereocenters. The van der Waals surface area contributed by atoms with E-state index < -0.39 is 0 Å². The topological polar surface area (TPSA) is 55.8 Å². The maximum absolute atomic E-state index is 13.4. The number of Topliss-reactive ketones (excluding diaryl/α,β-unsaturated/α-hetero) is 1. The fourth-order valence-electron chi connectivity index (χ4n) is 4.65. The Bertz CT molecular complexity index is 1020. The SMILES string of the molecule is COc1ccc(C2CC(=O)N(c3ccccc3)C3=C2C(=O)CC(C)(C)C3)cc1OC. The Morgan fingerprint density at radius 1 is 0.933 bits per heavy atom. The lowest BCUT2D eigenvalue weighted by atomic mass is 9.69. The molecule has 0 spiro atoms. The van der Waals surface area contributed by atoms with Crippen LogP contribution in [0.5, 0.6) is 11.5 Å². The molecule has 1 heterocycles. The molecule has 1 aliphatic heterocycles. The van der Waals surface area contributed by atoms with Gasteiger partial charge in [-0.25, -0.2) is 0 Å². The lowest BCUT2D eigenvalue weighted by molar-refractivity contribution is -0.121. The number of benzene rings is 2. The van der Waals surface area contributed by atoms with Crippen molar-refractivity contribution in [1.82, 2.24) is 0 Å². The second-order valence-electron chi connectivity index (χ2n) is 8.74. The van der Waals surface area contributed by atoms with Crippen LogP contribution in [0.1, 0.15) is 44.6 Å². The number of anilines is 1. The molecule has 0 fully saturated rings. The first-order valence-corrected chi connectivity index (χ1v) is 10.2. The van der Waals surface area contributed by atoms with E-state index in [1.165, 1.54) is 0 Å². The van der Waals surface area contributed by atoms with Crippen molar-refractivity contribution in [3.05, 3.63) is 65.4 Å². The predicted octanol–water partition coefficient (Wildman–Crippen LogP) is 4.87. The normalized spacial score (nSPS) is 20.8. The number of nitrogens with zero attached hydrogens (tertiary/aromatic N) is 1. The van der Waals surface area contributed by atoms with Crippen LogP contribution >= 0.6 is 0 Å². The van der Waals surface area contributed by atoms with E-state index in [1.807, 2.05) is 48.5 Å². The minimum absolute atomic E-state index is 0.00485. The standard InChI is InChI=1S/C25H27NO4/c1-25(2)14-19-24(20(27)15-25)18(16-10-11-21(29-3)22(12-16)30-4)13-23(28)26(19)17-8-6-5-7-9-17/h5-12,18H,13-15H2,1-4H3. The minimum atomic E-state index is -0.282. The molecular weight excluding hydrogens is 378 g/mol.